The summed E-state index contributed by atoms with van der Waals surface area (Å²) in [6, 6.07) is 1.99. The molecule has 5 nitrogen and oxygen atoms in total. The number of nitrogens with zero attached hydrogens (tertiary/aromatic N) is 2. The van der Waals surface area contributed by atoms with Gasteiger partial charge >= 0.3 is 10.3 Å². The monoisotopic (exact) mass is 401 g/mol. The van der Waals surface area contributed by atoms with Crippen LogP contribution in [0.1, 0.15) is 25.7 Å². The van der Waals surface area contributed by atoms with Gasteiger partial charge in [0.1, 0.15) is 18.0 Å². The molecule has 0 aromatic rings. The lowest BCUT2D eigenvalue weighted by Gasteiger charge is -2.41. The van der Waals surface area contributed by atoms with E-state index in [4.69, 9.17) is 46.4 Å². The molecule has 0 aromatic carbocycles. The highest BCUT2D eigenvalue weighted by molar-refractivity contribution is 8.04. The normalized spacial score (nSPS) is 22.5. The molecule has 1 unspecified atom stereocenters. The van der Waals surface area contributed by atoms with Crippen molar-refractivity contribution in [3.05, 3.63) is 0 Å². The summed E-state index contributed by atoms with van der Waals surface area (Å²) < 4.78 is 30.3. The van der Waals surface area contributed by atoms with Gasteiger partial charge in [-0.25, -0.2) is 4.55 Å². The molecule has 1 atom stereocenters. The molecule has 1 aliphatic carbocycles. The molecular formula is C9H13Cl4N2O3S2+. The molecule has 1 saturated carbocycles. The Morgan fingerprint density at radius 2 is 1.85 bits per heavy atom. The first-order valence-corrected chi connectivity index (χ1v) is 9.34. The van der Waals surface area contributed by atoms with Crippen LogP contribution < -0.4 is 0 Å². The first-order chi connectivity index (χ1) is 8.92. The van der Waals surface area contributed by atoms with Crippen LogP contribution in [0.3, 0.4) is 0 Å². The summed E-state index contributed by atoms with van der Waals surface area (Å²) in [7, 11) is -3.52. The largest absolute Gasteiger partial charge is 0.445 e. The van der Waals surface area contributed by atoms with E-state index in [0.717, 1.165) is 0 Å². The number of nitriles is 1. The molecule has 1 aliphatic rings. The molecule has 0 amide bonds. The van der Waals surface area contributed by atoms with Crippen LogP contribution >= 0.6 is 58.4 Å². The van der Waals surface area contributed by atoms with Gasteiger partial charge in [-0.1, -0.05) is 23.2 Å². The Balaban J connectivity index is 3.36. The number of hydrogen-bond donors (Lipinski definition) is 1. The molecule has 0 aromatic heterocycles. The fraction of sp³-hybridized carbons (Fsp3) is 0.889. The first-order valence-electron chi connectivity index (χ1n) is 5.54. The maximum absolute atomic E-state index is 11.9. The molecule has 1 rings (SSSR count). The smallest absolute Gasteiger partial charge is 0.241 e. The van der Waals surface area contributed by atoms with Gasteiger partial charge in [-0.05, 0) is 12.8 Å². The van der Waals surface area contributed by atoms with Crippen molar-refractivity contribution >= 4 is 68.7 Å². The molecule has 1 fully saturated rings. The lowest BCUT2D eigenvalue weighted by molar-refractivity contribution is -0.698. The third kappa shape index (κ3) is 3.28. The van der Waals surface area contributed by atoms with Crippen LogP contribution in [0.15, 0.2) is 0 Å². The molecule has 0 bridgehead atoms. The number of halogens is 4. The van der Waals surface area contributed by atoms with E-state index in [-0.39, 0.29) is 0 Å². The Bertz CT molecular complexity index is 514. The Morgan fingerprint density at radius 3 is 2.15 bits per heavy atom. The molecule has 0 heterocycles. The van der Waals surface area contributed by atoms with E-state index >= 15 is 0 Å². The van der Waals surface area contributed by atoms with Crippen molar-refractivity contribution in [1.82, 2.24) is 0 Å². The van der Waals surface area contributed by atoms with Crippen LogP contribution in [0, 0.1) is 11.3 Å². The van der Waals surface area contributed by atoms with E-state index in [9.17, 15) is 18.2 Å². The van der Waals surface area contributed by atoms with Crippen molar-refractivity contribution in [1.29, 1.82) is 5.26 Å². The summed E-state index contributed by atoms with van der Waals surface area (Å²) in [6.07, 6.45) is 1.93. The van der Waals surface area contributed by atoms with Crippen LogP contribution in [0.4, 0.5) is 0 Å². The number of quaternary nitrogens is 1. The molecule has 11 heteroatoms. The fourth-order valence-corrected chi connectivity index (χ4v) is 5.85. The standard InChI is InChI=1S/C9H12Cl4N2O3S2/c1-15(20(16,17)18,19-9(12,13)7(10)11)8(6-14)4-2-3-5-8/h7H,2-5H2,1H3/p+1. The Labute approximate surface area is 142 Å². The third-order valence-corrected chi connectivity index (χ3v) is 8.81. The van der Waals surface area contributed by atoms with Crippen molar-refractivity contribution in [2.45, 2.75) is 39.7 Å². The summed E-state index contributed by atoms with van der Waals surface area (Å²) in [5.74, 6) is 0. The van der Waals surface area contributed by atoms with Gasteiger partial charge in [-0.3, -0.25) is 0 Å². The van der Waals surface area contributed by atoms with Crippen molar-refractivity contribution in [3.8, 4) is 6.07 Å². The third-order valence-electron chi connectivity index (χ3n) is 3.41. The highest BCUT2D eigenvalue weighted by Gasteiger charge is 2.63. The highest BCUT2D eigenvalue weighted by atomic mass is 35.5. The maximum Gasteiger partial charge on any atom is 0.445 e. The van der Waals surface area contributed by atoms with Crippen molar-refractivity contribution in [2.75, 3.05) is 7.05 Å². The van der Waals surface area contributed by atoms with Gasteiger partial charge in [-0.15, -0.1) is 34.9 Å². The van der Waals surface area contributed by atoms with Crippen molar-refractivity contribution in [2.24, 2.45) is 0 Å². The minimum Gasteiger partial charge on any atom is -0.241 e. The SMILES string of the molecule is C[N+](SC(Cl)(Cl)C(Cl)Cl)(C1(C#N)CCCC1)S(=O)(=O)O. The molecule has 0 aliphatic heterocycles. The van der Waals surface area contributed by atoms with Crippen LogP contribution in [0.25, 0.3) is 0 Å². The van der Waals surface area contributed by atoms with Gasteiger partial charge in [0.05, 0.1) is 7.05 Å². The zero-order valence-corrected chi connectivity index (χ0v) is 15.0. The number of hydrogen-bond acceptors (Lipinski definition) is 4. The van der Waals surface area contributed by atoms with Crippen LogP contribution in [0.5, 0.6) is 0 Å². The van der Waals surface area contributed by atoms with E-state index in [2.05, 4.69) is 0 Å². The van der Waals surface area contributed by atoms with Gasteiger partial charge in [0.25, 0.3) is 0 Å². The summed E-state index contributed by atoms with van der Waals surface area (Å²) in [6.45, 7) is 0. The topological polar surface area (TPSA) is 78.2 Å². The maximum atomic E-state index is 11.9. The van der Waals surface area contributed by atoms with Crippen LogP contribution in [-0.4, -0.2) is 37.4 Å². The van der Waals surface area contributed by atoms with E-state index in [1.54, 1.807) is 0 Å². The average Bonchev–Trinajstić information content (AvgIpc) is 2.76. The number of alkyl halides is 4. The predicted molar refractivity (Wildman–Crippen MR) is 82.1 cm³/mol. The number of rotatable bonds is 5. The summed E-state index contributed by atoms with van der Waals surface area (Å²) in [4.78, 5) is -1.31. The highest BCUT2D eigenvalue weighted by Crippen LogP contribution is 2.55. The second-order valence-corrected chi connectivity index (χ2v) is 10.9. The summed E-state index contributed by atoms with van der Waals surface area (Å²) in [5.41, 5.74) is -1.35. The zero-order valence-electron chi connectivity index (χ0n) is 10.4. The lowest BCUT2D eigenvalue weighted by Crippen LogP contribution is -2.60. The van der Waals surface area contributed by atoms with Crippen LogP contribution in [0.2, 0.25) is 0 Å². The minimum absolute atomic E-state index is 0.298. The molecule has 116 valence electrons. The zero-order chi connectivity index (χ0) is 15.8. The quantitative estimate of drug-likeness (QED) is 0.328. The predicted octanol–water partition coefficient (Wildman–Crippen LogP) is 3.66. The van der Waals surface area contributed by atoms with E-state index in [0.29, 0.717) is 37.6 Å². The molecule has 0 radical (unpaired) electrons. The molecule has 0 saturated heterocycles. The van der Waals surface area contributed by atoms with Crippen molar-refractivity contribution in [3.63, 3.8) is 0 Å². The van der Waals surface area contributed by atoms with Crippen molar-refractivity contribution < 1.29 is 16.3 Å². The second-order valence-electron chi connectivity index (χ2n) is 4.60. The van der Waals surface area contributed by atoms with E-state index in [1.807, 2.05) is 6.07 Å². The fourth-order valence-electron chi connectivity index (χ4n) is 2.20. The van der Waals surface area contributed by atoms with Gasteiger partial charge in [-0.2, -0.15) is 5.26 Å². The van der Waals surface area contributed by atoms with Crippen LogP contribution in [-0.2, 0) is 10.3 Å². The van der Waals surface area contributed by atoms with E-state index < -0.39 is 27.6 Å². The van der Waals surface area contributed by atoms with Gasteiger partial charge in [0.2, 0.25) is 9.20 Å². The Kier molecular flexibility index (Phi) is 5.83. The summed E-state index contributed by atoms with van der Waals surface area (Å²) in [5, 5.41) is 9.44. The minimum atomic E-state index is -4.69. The second kappa shape index (κ2) is 6.17. The van der Waals surface area contributed by atoms with Gasteiger partial charge in [0, 0.05) is 12.8 Å². The average molecular weight is 403 g/mol. The molecule has 1 N–H and O–H groups in total. The first kappa shape index (κ1) is 18.9. The molecule has 20 heavy (non-hydrogen) atoms. The Hall–Kier alpha value is 0.870. The van der Waals surface area contributed by atoms with E-state index in [1.165, 1.54) is 7.05 Å². The van der Waals surface area contributed by atoms with Gasteiger partial charge < -0.3 is 0 Å². The van der Waals surface area contributed by atoms with Gasteiger partial charge in [0.15, 0.2) is 4.84 Å². The molecule has 0 spiro atoms. The Morgan fingerprint density at radius 1 is 1.40 bits per heavy atom. The summed E-state index contributed by atoms with van der Waals surface area (Å²) >= 11 is 23.5. The molecular weight excluding hydrogens is 390 g/mol. The lowest BCUT2D eigenvalue weighted by atomic mass is 10.0.